The number of rotatable bonds is 7. The molecule has 2 saturated carbocycles. The first-order valence-electron chi connectivity index (χ1n) is 9.13. The van der Waals surface area contributed by atoms with Crippen LogP contribution in [0.25, 0.3) is 11.5 Å². The molecule has 1 N–H and O–H groups in total. The van der Waals surface area contributed by atoms with Gasteiger partial charge in [-0.3, -0.25) is 4.79 Å². The Hall–Kier alpha value is -2.22. The highest BCUT2D eigenvalue weighted by molar-refractivity contribution is 7.99. The van der Waals surface area contributed by atoms with Crippen molar-refractivity contribution in [3.8, 4) is 23.0 Å². The molecule has 0 aliphatic heterocycles. The lowest BCUT2D eigenvalue weighted by Crippen LogP contribution is -2.39. The van der Waals surface area contributed by atoms with E-state index < -0.39 is 0 Å². The number of carbonyl (C=O) groups excluding carboxylic acids is 1. The molecule has 2 aliphatic carbocycles. The van der Waals surface area contributed by atoms with Crippen LogP contribution in [-0.2, 0) is 4.79 Å². The second kappa shape index (κ2) is 7.80. The van der Waals surface area contributed by atoms with E-state index in [4.69, 9.17) is 13.9 Å². The van der Waals surface area contributed by atoms with Crippen molar-refractivity contribution in [3.05, 3.63) is 18.2 Å². The zero-order valence-electron chi connectivity index (χ0n) is 15.4. The third-order valence-electron chi connectivity index (χ3n) is 5.42. The second-order valence-corrected chi connectivity index (χ2v) is 8.04. The maximum Gasteiger partial charge on any atom is 0.277 e. The maximum atomic E-state index is 12.2. The van der Waals surface area contributed by atoms with Gasteiger partial charge in [0.1, 0.15) is 11.5 Å². The van der Waals surface area contributed by atoms with Crippen LogP contribution in [0.3, 0.4) is 0 Å². The van der Waals surface area contributed by atoms with Gasteiger partial charge in [-0.05, 0) is 43.2 Å². The summed E-state index contributed by atoms with van der Waals surface area (Å²) in [5, 5.41) is 11.6. The molecule has 8 heteroatoms. The molecule has 2 fully saturated rings. The van der Waals surface area contributed by atoms with Gasteiger partial charge in [-0.2, -0.15) is 0 Å². The number of hydrogen-bond acceptors (Lipinski definition) is 7. The van der Waals surface area contributed by atoms with Gasteiger partial charge < -0.3 is 19.2 Å². The van der Waals surface area contributed by atoms with Gasteiger partial charge in [0, 0.05) is 17.7 Å². The van der Waals surface area contributed by atoms with Crippen LogP contribution in [0.4, 0.5) is 0 Å². The number of aromatic nitrogens is 2. The molecule has 1 aromatic heterocycles. The van der Waals surface area contributed by atoms with E-state index in [1.807, 2.05) is 0 Å². The Balaban J connectivity index is 1.35. The maximum absolute atomic E-state index is 12.2. The molecule has 2 aromatic rings. The summed E-state index contributed by atoms with van der Waals surface area (Å²) in [6, 6.07) is 5.72. The summed E-state index contributed by atoms with van der Waals surface area (Å²) in [6.07, 6.45) is 4.98. The molecule has 0 unspecified atom stereocenters. The summed E-state index contributed by atoms with van der Waals surface area (Å²) in [6.45, 7) is 0. The fraction of sp³-hybridized carbons (Fsp3) is 0.526. The zero-order valence-corrected chi connectivity index (χ0v) is 16.3. The van der Waals surface area contributed by atoms with Crippen molar-refractivity contribution in [1.29, 1.82) is 0 Å². The van der Waals surface area contributed by atoms with E-state index in [9.17, 15) is 4.79 Å². The highest BCUT2D eigenvalue weighted by atomic mass is 32.2. The number of fused-ring (bicyclic) bond motifs is 2. The van der Waals surface area contributed by atoms with Crippen molar-refractivity contribution in [3.63, 3.8) is 0 Å². The minimum absolute atomic E-state index is 0.0281. The number of amides is 1. The van der Waals surface area contributed by atoms with Crippen LogP contribution < -0.4 is 14.8 Å². The van der Waals surface area contributed by atoms with Crippen molar-refractivity contribution in [2.24, 2.45) is 11.8 Å². The molecular formula is C19H23N3O4S. The highest BCUT2D eigenvalue weighted by Gasteiger charge is 2.40. The topological polar surface area (TPSA) is 86.5 Å². The summed E-state index contributed by atoms with van der Waals surface area (Å²) in [4.78, 5) is 12.2. The third-order valence-corrected chi connectivity index (χ3v) is 6.23. The van der Waals surface area contributed by atoms with Crippen molar-refractivity contribution < 1.29 is 18.7 Å². The monoisotopic (exact) mass is 389 g/mol. The standard InChI is InChI=1S/C19H23N3O4S/c1-24-14-7-13(8-15(9-14)25-2)18-21-22-19(26-18)27-10-17(23)20-16-6-11-3-4-12(16)5-11/h7-9,11-12,16H,3-6,10H2,1-2H3,(H,20,23)/t11-,12+,16+/m0/s1. The van der Waals surface area contributed by atoms with Crippen LogP contribution in [0, 0.1) is 11.8 Å². The van der Waals surface area contributed by atoms with Crippen molar-refractivity contribution in [1.82, 2.24) is 15.5 Å². The van der Waals surface area contributed by atoms with E-state index in [0.717, 1.165) is 12.3 Å². The van der Waals surface area contributed by atoms with Gasteiger partial charge in [0.05, 0.1) is 20.0 Å². The lowest BCUT2D eigenvalue weighted by atomic mass is 9.95. The highest BCUT2D eigenvalue weighted by Crippen LogP contribution is 2.44. The van der Waals surface area contributed by atoms with Crippen molar-refractivity contribution >= 4 is 17.7 Å². The van der Waals surface area contributed by atoms with Gasteiger partial charge in [0.15, 0.2) is 0 Å². The average Bonchev–Trinajstić information content (AvgIpc) is 3.42. The normalized spacial score (nSPS) is 23.4. The van der Waals surface area contributed by atoms with Crippen LogP contribution in [0.5, 0.6) is 11.5 Å². The average molecular weight is 389 g/mol. The SMILES string of the molecule is COc1cc(OC)cc(-c2nnc(SCC(=O)N[C@@H]3C[C@H]4CC[C@@H]3C4)o2)c1. The number of benzene rings is 1. The number of hydrogen-bond donors (Lipinski definition) is 1. The second-order valence-electron chi connectivity index (χ2n) is 7.11. The van der Waals surface area contributed by atoms with E-state index in [2.05, 4.69) is 15.5 Å². The molecule has 144 valence electrons. The van der Waals surface area contributed by atoms with Crippen LogP contribution >= 0.6 is 11.8 Å². The Kier molecular flexibility index (Phi) is 5.24. The van der Waals surface area contributed by atoms with Gasteiger partial charge in [0.2, 0.25) is 11.8 Å². The Morgan fingerprint density at radius 3 is 2.59 bits per heavy atom. The van der Waals surface area contributed by atoms with Gasteiger partial charge in [-0.25, -0.2) is 0 Å². The lowest BCUT2D eigenvalue weighted by Gasteiger charge is -2.22. The van der Waals surface area contributed by atoms with Crippen LogP contribution in [0.1, 0.15) is 25.7 Å². The molecule has 7 nitrogen and oxygen atoms in total. The van der Waals surface area contributed by atoms with E-state index >= 15 is 0 Å². The first kappa shape index (κ1) is 18.2. The fourth-order valence-corrected chi connectivity index (χ4v) is 4.69. The molecule has 0 radical (unpaired) electrons. The molecule has 4 rings (SSSR count). The number of nitrogens with zero attached hydrogens (tertiary/aromatic N) is 2. The smallest absolute Gasteiger partial charge is 0.277 e. The molecule has 2 aliphatic rings. The number of ether oxygens (including phenoxy) is 2. The number of methoxy groups -OCH3 is 2. The Bertz CT molecular complexity index is 803. The lowest BCUT2D eigenvalue weighted by molar-refractivity contribution is -0.119. The predicted octanol–water partition coefficient (Wildman–Crippen LogP) is 3.15. The summed E-state index contributed by atoms with van der Waals surface area (Å²) >= 11 is 1.25. The van der Waals surface area contributed by atoms with Crippen LogP contribution in [0.2, 0.25) is 0 Å². The largest absolute Gasteiger partial charge is 0.497 e. The molecule has 1 amide bonds. The molecule has 1 aromatic carbocycles. The molecule has 1 heterocycles. The van der Waals surface area contributed by atoms with Crippen molar-refractivity contribution in [2.45, 2.75) is 36.9 Å². The summed E-state index contributed by atoms with van der Waals surface area (Å²) < 4.78 is 16.2. The van der Waals surface area contributed by atoms with E-state index in [1.165, 1.54) is 31.0 Å². The minimum atomic E-state index is 0.0281. The van der Waals surface area contributed by atoms with Crippen LogP contribution in [0.15, 0.2) is 27.8 Å². The molecule has 3 atom stereocenters. The summed E-state index contributed by atoms with van der Waals surface area (Å²) in [5.41, 5.74) is 0.706. The molecular weight excluding hydrogens is 366 g/mol. The minimum Gasteiger partial charge on any atom is -0.497 e. The number of nitrogens with one attached hydrogen (secondary N) is 1. The predicted molar refractivity (Wildman–Crippen MR) is 101 cm³/mol. The van der Waals surface area contributed by atoms with Gasteiger partial charge in [0.25, 0.3) is 5.22 Å². The summed E-state index contributed by atoms with van der Waals surface area (Å²) in [5.74, 6) is 3.43. The van der Waals surface area contributed by atoms with Crippen LogP contribution in [-0.4, -0.2) is 42.1 Å². The van der Waals surface area contributed by atoms with Gasteiger partial charge >= 0.3 is 0 Å². The van der Waals surface area contributed by atoms with E-state index in [1.54, 1.807) is 32.4 Å². The first-order chi connectivity index (χ1) is 13.1. The Morgan fingerprint density at radius 1 is 1.19 bits per heavy atom. The summed E-state index contributed by atoms with van der Waals surface area (Å²) in [7, 11) is 3.17. The van der Waals surface area contributed by atoms with E-state index in [0.29, 0.717) is 40.1 Å². The fourth-order valence-electron chi connectivity index (χ4n) is 4.11. The number of thioether (sulfide) groups is 1. The molecule has 0 spiro atoms. The quantitative estimate of drug-likeness (QED) is 0.728. The molecule has 27 heavy (non-hydrogen) atoms. The van der Waals surface area contributed by atoms with Gasteiger partial charge in [-0.1, -0.05) is 18.2 Å². The zero-order chi connectivity index (χ0) is 18.8. The Morgan fingerprint density at radius 2 is 1.96 bits per heavy atom. The third kappa shape index (κ3) is 4.05. The van der Waals surface area contributed by atoms with E-state index in [-0.39, 0.29) is 11.7 Å². The molecule has 2 bridgehead atoms. The Labute approximate surface area is 162 Å². The number of carbonyl (C=O) groups is 1. The van der Waals surface area contributed by atoms with Crippen molar-refractivity contribution in [2.75, 3.05) is 20.0 Å². The molecule has 0 saturated heterocycles. The van der Waals surface area contributed by atoms with Gasteiger partial charge in [-0.15, -0.1) is 10.2 Å². The first-order valence-corrected chi connectivity index (χ1v) is 10.1.